The molecule has 1 N–H and O–H groups in total. The van der Waals surface area contributed by atoms with Crippen LogP contribution in [0.15, 0.2) is 55.3 Å². The van der Waals surface area contributed by atoms with Gasteiger partial charge in [-0.2, -0.15) is 5.10 Å². The minimum atomic E-state index is 0.410. The number of nitrogens with one attached hydrogen (secondary N) is 1. The van der Waals surface area contributed by atoms with Gasteiger partial charge in [0.05, 0.1) is 5.69 Å². The first-order valence-corrected chi connectivity index (χ1v) is 9.86. The summed E-state index contributed by atoms with van der Waals surface area (Å²) in [6.45, 7) is 2.12. The van der Waals surface area contributed by atoms with Crippen LogP contribution in [0, 0.1) is 0 Å². The minimum absolute atomic E-state index is 0.410. The van der Waals surface area contributed by atoms with E-state index >= 15 is 0 Å². The zero-order chi connectivity index (χ0) is 16.1. The normalized spacial score (nSPS) is 11.6. The lowest BCUT2D eigenvalue weighted by molar-refractivity contribution is 1.10. The summed E-state index contributed by atoms with van der Waals surface area (Å²) in [7, 11) is 0. The highest BCUT2D eigenvalue weighted by atomic mass is 79.9. The van der Waals surface area contributed by atoms with Crippen molar-refractivity contribution in [1.29, 1.82) is 0 Å². The van der Waals surface area contributed by atoms with Crippen molar-refractivity contribution >= 4 is 66.1 Å². The number of benzene rings is 2. The van der Waals surface area contributed by atoms with Crippen LogP contribution < -0.4 is 5.43 Å². The zero-order valence-corrected chi connectivity index (χ0v) is 16.9. The Hall–Kier alpha value is -0.490. The van der Waals surface area contributed by atoms with Crippen LogP contribution in [0.2, 0.25) is 0 Å². The van der Waals surface area contributed by atoms with Gasteiger partial charge in [0.1, 0.15) is 0 Å². The molecule has 0 saturated heterocycles. The lowest BCUT2D eigenvalue weighted by atomic mass is 10.1. The van der Waals surface area contributed by atoms with Crippen molar-refractivity contribution in [2.24, 2.45) is 5.10 Å². The first-order chi connectivity index (χ1) is 10.6. The molecule has 0 aliphatic rings. The minimum Gasteiger partial charge on any atom is -0.277 e. The molecule has 0 aromatic heterocycles. The van der Waals surface area contributed by atoms with E-state index < -0.39 is 0 Å². The zero-order valence-electron chi connectivity index (χ0n) is 12.2. The maximum Gasteiger partial charge on any atom is 0.158 e. The quantitative estimate of drug-likeness (QED) is 0.311. The van der Waals surface area contributed by atoms with E-state index in [4.69, 9.17) is 11.6 Å². The molecule has 2 rings (SSSR count). The Labute approximate surface area is 157 Å². The van der Waals surface area contributed by atoms with Crippen LogP contribution in [0.4, 0.5) is 5.69 Å². The number of hydrogen-bond donors (Lipinski definition) is 1. The summed E-state index contributed by atoms with van der Waals surface area (Å²) < 4.78 is 1.93. The molecule has 116 valence electrons. The second-order valence-corrected chi connectivity index (χ2v) is 7.27. The van der Waals surface area contributed by atoms with Gasteiger partial charge in [0, 0.05) is 19.4 Å². The number of halogens is 3. The van der Waals surface area contributed by atoms with Gasteiger partial charge in [0.15, 0.2) is 5.17 Å². The highest BCUT2D eigenvalue weighted by Gasteiger charge is 2.17. The number of aryl methyl sites for hydroxylation is 1. The molecule has 0 fully saturated rings. The predicted octanol–water partition coefficient (Wildman–Crippen LogP) is 6.51. The Morgan fingerprint density at radius 1 is 1.23 bits per heavy atom. The number of hydrogen-bond acceptors (Lipinski definition) is 3. The fourth-order valence-electron chi connectivity index (χ4n) is 1.93. The summed E-state index contributed by atoms with van der Waals surface area (Å²) in [6.07, 6.45) is 2.97. The van der Waals surface area contributed by atoms with Crippen molar-refractivity contribution in [1.82, 2.24) is 0 Å². The average Bonchev–Trinajstić information content (AvgIpc) is 2.54. The van der Waals surface area contributed by atoms with Crippen molar-refractivity contribution in [3.8, 4) is 0 Å². The van der Waals surface area contributed by atoms with Crippen LogP contribution in [0.3, 0.4) is 0 Å². The van der Waals surface area contributed by atoms with Gasteiger partial charge in [-0.05, 0) is 68.3 Å². The number of rotatable bonds is 5. The first kappa shape index (κ1) is 17.9. The van der Waals surface area contributed by atoms with Crippen molar-refractivity contribution in [2.75, 3.05) is 11.7 Å². The first-order valence-electron chi connectivity index (χ1n) is 6.68. The van der Waals surface area contributed by atoms with E-state index in [1.807, 2.05) is 36.6 Å². The maximum atomic E-state index is 6.44. The molecule has 0 radical (unpaired) electrons. The number of para-hydroxylation sites is 1. The standard InChI is InChI=1S/C16H15Br2ClN2S/c1-3-10-9-12(22-2)15(18)13(14(10)17)16(19)21-20-11-7-5-4-6-8-11/h4-9,20H,3H2,1-2H3. The second-order valence-electron chi connectivity index (χ2n) is 4.47. The molecule has 0 heterocycles. The molecule has 0 spiro atoms. The van der Waals surface area contributed by atoms with Gasteiger partial charge in [0.2, 0.25) is 0 Å². The van der Waals surface area contributed by atoms with E-state index in [1.165, 1.54) is 5.56 Å². The number of hydrazone groups is 1. The number of thioether (sulfide) groups is 1. The average molecular weight is 463 g/mol. The molecule has 0 atom stereocenters. The monoisotopic (exact) mass is 460 g/mol. The van der Waals surface area contributed by atoms with E-state index in [9.17, 15) is 0 Å². The van der Waals surface area contributed by atoms with E-state index in [-0.39, 0.29) is 0 Å². The molecule has 2 aromatic rings. The molecule has 0 amide bonds. The van der Waals surface area contributed by atoms with Crippen LogP contribution >= 0.6 is 55.2 Å². The van der Waals surface area contributed by atoms with Crippen LogP contribution in [-0.2, 0) is 6.42 Å². The molecule has 0 aliphatic heterocycles. The third kappa shape index (κ3) is 4.07. The highest BCUT2D eigenvalue weighted by Crippen LogP contribution is 2.38. The lowest BCUT2D eigenvalue weighted by Gasteiger charge is -2.14. The molecule has 2 nitrogen and oxygen atoms in total. The molecule has 0 aliphatic carbocycles. The fraction of sp³-hybridized carbons (Fsp3) is 0.188. The third-order valence-electron chi connectivity index (χ3n) is 3.11. The van der Waals surface area contributed by atoms with Crippen LogP contribution in [0.5, 0.6) is 0 Å². The molecule has 22 heavy (non-hydrogen) atoms. The summed E-state index contributed by atoms with van der Waals surface area (Å²) >= 11 is 15.4. The van der Waals surface area contributed by atoms with Crippen molar-refractivity contribution < 1.29 is 0 Å². The van der Waals surface area contributed by atoms with Gasteiger partial charge in [-0.3, -0.25) is 5.43 Å². The Kier molecular flexibility index (Phi) is 6.81. The Bertz CT molecular complexity index is 662. The largest absolute Gasteiger partial charge is 0.277 e. The highest BCUT2D eigenvalue weighted by molar-refractivity contribution is 9.11. The predicted molar refractivity (Wildman–Crippen MR) is 105 cm³/mol. The SMILES string of the molecule is CCc1cc(SC)c(Br)c(C(Cl)=NNc2ccccc2)c1Br. The summed E-state index contributed by atoms with van der Waals surface area (Å²) in [5.74, 6) is 0. The molecular weight excluding hydrogens is 448 g/mol. The smallest absolute Gasteiger partial charge is 0.158 e. The summed E-state index contributed by atoms with van der Waals surface area (Å²) in [5, 5.41) is 4.71. The molecule has 0 saturated carbocycles. The van der Waals surface area contributed by atoms with Gasteiger partial charge in [-0.15, -0.1) is 11.8 Å². The van der Waals surface area contributed by atoms with Crippen LogP contribution in [-0.4, -0.2) is 11.4 Å². The van der Waals surface area contributed by atoms with Crippen LogP contribution in [0.1, 0.15) is 18.1 Å². The van der Waals surface area contributed by atoms with Crippen molar-refractivity contribution in [3.05, 3.63) is 56.5 Å². The van der Waals surface area contributed by atoms with E-state index in [0.717, 1.165) is 31.5 Å². The number of anilines is 1. The molecule has 6 heteroatoms. The third-order valence-corrected chi connectivity index (χ3v) is 6.13. The summed E-state index contributed by atoms with van der Waals surface area (Å²) in [6, 6.07) is 11.9. The summed E-state index contributed by atoms with van der Waals surface area (Å²) in [4.78, 5) is 1.14. The molecular formula is C16H15Br2ClN2S. The van der Waals surface area contributed by atoms with E-state index in [2.05, 4.69) is 55.4 Å². The van der Waals surface area contributed by atoms with Gasteiger partial charge in [-0.1, -0.05) is 36.7 Å². The topological polar surface area (TPSA) is 24.4 Å². The fourth-order valence-corrected chi connectivity index (χ4v) is 4.97. The van der Waals surface area contributed by atoms with Gasteiger partial charge in [-0.25, -0.2) is 0 Å². The van der Waals surface area contributed by atoms with E-state index in [0.29, 0.717) is 5.17 Å². The second kappa shape index (κ2) is 8.39. The summed E-state index contributed by atoms with van der Waals surface area (Å²) in [5.41, 5.74) is 5.95. The molecule has 0 bridgehead atoms. The Morgan fingerprint density at radius 3 is 2.50 bits per heavy atom. The maximum absolute atomic E-state index is 6.44. The van der Waals surface area contributed by atoms with Crippen molar-refractivity contribution in [3.63, 3.8) is 0 Å². The lowest BCUT2D eigenvalue weighted by Crippen LogP contribution is -2.03. The van der Waals surface area contributed by atoms with Gasteiger partial charge < -0.3 is 0 Å². The van der Waals surface area contributed by atoms with E-state index in [1.54, 1.807) is 11.8 Å². The number of nitrogens with zero attached hydrogens (tertiary/aromatic N) is 1. The Morgan fingerprint density at radius 2 is 1.91 bits per heavy atom. The Balaban J connectivity index is 2.42. The van der Waals surface area contributed by atoms with Crippen LogP contribution in [0.25, 0.3) is 0 Å². The van der Waals surface area contributed by atoms with Gasteiger partial charge >= 0.3 is 0 Å². The van der Waals surface area contributed by atoms with Gasteiger partial charge in [0.25, 0.3) is 0 Å². The van der Waals surface area contributed by atoms with Crippen molar-refractivity contribution in [2.45, 2.75) is 18.2 Å². The molecule has 2 aromatic carbocycles. The molecule has 0 unspecified atom stereocenters.